The van der Waals surface area contributed by atoms with Crippen LogP contribution in [-0.2, 0) is 12.8 Å². The van der Waals surface area contributed by atoms with E-state index in [1.165, 1.54) is 16.9 Å². The van der Waals surface area contributed by atoms with E-state index in [0.717, 1.165) is 32.4 Å². The normalized spacial score (nSPS) is 11.3. The molecule has 0 aliphatic carbocycles. The van der Waals surface area contributed by atoms with Crippen molar-refractivity contribution in [3.05, 3.63) is 69.6 Å². The molecule has 0 unspecified atom stereocenters. The number of aromatic nitrogens is 4. The molecule has 0 amide bonds. The molecule has 0 saturated heterocycles. The Morgan fingerprint density at radius 1 is 1.24 bits per heavy atom. The van der Waals surface area contributed by atoms with E-state index in [1.54, 1.807) is 29.6 Å². The van der Waals surface area contributed by atoms with Crippen LogP contribution in [0.3, 0.4) is 0 Å². The maximum atomic E-state index is 12.5. The van der Waals surface area contributed by atoms with Crippen molar-refractivity contribution < 1.29 is 0 Å². The molecule has 0 radical (unpaired) electrons. The molecule has 0 atom stereocenters. The number of thioether (sulfide) groups is 1. The lowest BCUT2D eigenvalue weighted by Crippen LogP contribution is -2.19. The van der Waals surface area contributed by atoms with E-state index in [0.29, 0.717) is 0 Å². The van der Waals surface area contributed by atoms with E-state index >= 15 is 0 Å². The standard InChI is InChI=1S/C18H16N4OS2/c1-12-10-24-16-15(12)17(23)21(2)18(20-16)25-11-13-4-6-14(7-5-13)22-9-3-8-19-22/h3-10H,11H2,1-2H3. The number of hydrogen-bond acceptors (Lipinski definition) is 5. The van der Waals surface area contributed by atoms with Gasteiger partial charge in [-0.1, -0.05) is 23.9 Å². The summed E-state index contributed by atoms with van der Waals surface area (Å²) < 4.78 is 3.47. The predicted molar refractivity (Wildman–Crippen MR) is 103 cm³/mol. The number of fused-ring (bicyclic) bond motifs is 1. The van der Waals surface area contributed by atoms with E-state index in [-0.39, 0.29) is 5.56 Å². The summed E-state index contributed by atoms with van der Waals surface area (Å²) in [5, 5.41) is 7.70. The van der Waals surface area contributed by atoms with E-state index in [1.807, 2.05) is 41.4 Å². The summed E-state index contributed by atoms with van der Waals surface area (Å²) in [4.78, 5) is 18.0. The van der Waals surface area contributed by atoms with Crippen molar-refractivity contribution in [2.45, 2.75) is 17.8 Å². The van der Waals surface area contributed by atoms with Gasteiger partial charge in [-0.05, 0) is 41.6 Å². The number of hydrogen-bond donors (Lipinski definition) is 0. The fraction of sp³-hybridized carbons (Fsp3) is 0.167. The zero-order valence-electron chi connectivity index (χ0n) is 13.8. The molecule has 4 aromatic rings. The summed E-state index contributed by atoms with van der Waals surface area (Å²) in [5.74, 6) is 0.759. The van der Waals surface area contributed by atoms with E-state index < -0.39 is 0 Å². The van der Waals surface area contributed by atoms with Crippen LogP contribution in [-0.4, -0.2) is 19.3 Å². The van der Waals surface area contributed by atoms with Gasteiger partial charge in [-0.15, -0.1) is 11.3 Å². The van der Waals surface area contributed by atoms with Crippen LogP contribution >= 0.6 is 23.1 Å². The first-order valence-electron chi connectivity index (χ1n) is 7.80. The lowest BCUT2D eigenvalue weighted by molar-refractivity contribution is 0.727. The Morgan fingerprint density at radius 2 is 2.04 bits per heavy atom. The average molecular weight is 368 g/mol. The molecule has 25 heavy (non-hydrogen) atoms. The smallest absolute Gasteiger partial charge is 0.262 e. The summed E-state index contributed by atoms with van der Waals surface area (Å²) in [7, 11) is 1.79. The third-order valence-corrected chi connectivity index (χ3v) is 6.12. The Bertz CT molecular complexity index is 1080. The molecular formula is C18H16N4OS2. The Kier molecular flexibility index (Phi) is 4.19. The first-order valence-corrected chi connectivity index (χ1v) is 9.66. The highest BCUT2D eigenvalue weighted by atomic mass is 32.2. The summed E-state index contributed by atoms with van der Waals surface area (Å²) in [6.45, 7) is 1.95. The van der Waals surface area contributed by atoms with Crippen molar-refractivity contribution in [3.8, 4) is 5.69 Å². The number of nitrogens with zero attached hydrogens (tertiary/aromatic N) is 4. The molecule has 0 bridgehead atoms. The Morgan fingerprint density at radius 3 is 2.76 bits per heavy atom. The van der Waals surface area contributed by atoms with Crippen molar-refractivity contribution in [2.75, 3.05) is 0 Å². The molecule has 3 aromatic heterocycles. The predicted octanol–water partition coefficient (Wildman–Crippen LogP) is 3.78. The Labute approximate surface area is 153 Å². The third-order valence-electron chi connectivity index (χ3n) is 4.03. The van der Waals surface area contributed by atoms with Crippen LogP contribution in [0.25, 0.3) is 15.9 Å². The van der Waals surface area contributed by atoms with Crippen molar-refractivity contribution in [1.82, 2.24) is 19.3 Å². The first kappa shape index (κ1) is 16.1. The minimum Gasteiger partial charge on any atom is -0.290 e. The summed E-state index contributed by atoms with van der Waals surface area (Å²) in [6, 6.07) is 10.1. The van der Waals surface area contributed by atoms with Crippen LogP contribution in [0.15, 0.2) is 58.1 Å². The number of thiophene rings is 1. The van der Waals surface area contributed by atoms with Crippen LogP contribution in [0.5, 0.6) is 0 Å². The van der Waals surface area contributed by atoms with Gasteiger partial charge in [-0.3, -0.25) is 9.36 Å². The van der Waals surface area contributed by atoms with Gasteiger partial charge in [0.15, 0.2) is 5.16 Å². The van der Waals surface area contributed by atoms with Gasteiger partial charge >= 0.3 is 0 Å². The average Bonchev–Trinajstić information content (AvgIpc) is 3.27. The second kappa shape index (κ2) is 6.50. The van der Waals surface area contributed by atoms with Crippen molar-refractivity contribution in [3.63, 3.8) is 0 Å². The number of rotatable bonds is 4. The second-order valence-electron chi connectivity index (χ2n) is 5.76. The highest BCUT2D eigenvalue weighted by Crippen LogP contribution is 2.25. The van der Waals surface area contributed by atoms with Crippen molar-refractivity contribution >= 4 is 33.3 Å². The Balaban J connectivity index is 1.56. The highest BCUT2D eigenvalue weighted by molar-refractivity contribution is 7.98. The molecule has 0 aliphatic rings. The summed E-state index contributed by atoms with van der Waals surface area (Å²) in [6.07, 6.45) is 3.68. The van der Waals surface area contributed by atoms with Gasteiger partial charge in [0, 0.05) is 25.2 Å². The molecule has 0 aliphatic heterocycles. The molecule has 126 valence electrons. The second-order valence-corrected chi connectivity index (χ2v) is 7.56. The monoisotopic (exact) mass is 368 g/mol. The Hall–Kier alpha value is -2.38. The van der Waals surface area contributed by atoms with Gasteiger partial charge in [0.25, 0.3) is 5.56 Å². The lowest BCUT2D eigenvalue weighted by atomic mass is 10.2. The molecule has 5 nitrogen and oxygen atoms in total. The SMILES string of the molecule is Cc1csc2nc(SCc3ccc(-n4cccn4)cc3)n(C)c(=O)c12. The number of benzene rings is 1. The van der Waals surface area contributed by atoms with Crippen LogP contribution < -0.4 is 5.56 Å². The maximum Gasteiger partial charge on any atom is 0.262 e. The van der Waals surface area contributed by atoms with Gasteiger partial charge in [0.1, 0.15) is 4.83 Å². The lowest BCUT2D eigenvalue weighted by Gasteiger charge is -2.08. The summed E-state index contributed by atoms with van der Waals surface area (Å²) >= 11 is 3.10. The van der Waals surface area contributed by atoms with Crippen molar-refractivity contribution in [2.24, 2.45) is 7.05 Å². The topological polar surface area (TPSA) is 52.7 Å². The molecule has 0 N–H and O–H groups in total. The van der Waals surface area contributed by atoms with Gasteiger partial charge in [0.05, 0.1) is 11.1 Å². The molecule has 1 aromatic carbocycles. The van der Waals surface area contributed by atoms with Crippen LogP contribution in [0.1, 0.15) is 11.1 Å². The van der Waals surface area contributed by atoms with Gasteiger partial charge < -0.3 is 0 Å². The molecule has 0 fully saturated rings. The fourth-order valence-corrected chi connectivity index (χ4v) is 4.52. The minimum atomic E-state index is 0.0280. The molecule has 3 heterocycles. The zero-order valence-corrected chi connectivity index (χ0v) is 15.5. The van der Waals surface area contributed by atoms with Gasteiger partial charge in [-0.25, -0.2) is 9.67 Å². The highest BCUT2D eigenvalue weighted by Gasteiger charge is 2.12. The molecule has 7 heteroatoms. The van der Waals surface area contributed by atoms with E-state index in [9.17, 15) is 4.79 Å². The van der Waals surface area contributed by atoms with Crippen LogP contribution in [0, 0.1) is 6.92 Å². The summed E-state index contributed by atoms with van der Waals surface area (Å²) in [5.41, 5.74) is 3.23. The molecule has 4 rings (SSSR count). The third kappa shape index (κ3) is 3.01. The minimum absolute atomic E-state index is 0.0280. The molecule has 0 saturated carbocycles. The quantitative estimate of drug-likeness (QED) is 0.406. The van der Waals surface area contributed by atoms with Gasteiger partial charge in [0.2, 0.25) is 0 Å². The number of aryl methyl sites for hydroxylation is 1. The van der Waals surface area contributed by atoms with E-state index in [2.05, 4.69) is 22.2 Å². The van der Waals surface area contributed by atoms with E-state index in [4.69, 9.17) is 0 Å². The molecule has 0 spiro atoms. The first-order chi connectivity index (χ1) is 12.1. The fourth-order valence-electron chi connectivity index (χ4n) is 2.63. The maximum absolute atomic E-state index is 12.5. The largest absolute Gasteiger partial charge is 0.290 e. The van der Waals surface area contributed by atoms with Gasteiger partial charge in [-0.2, -0.15) is 5.10 Å². The molecular weight excluding hydrogens is 352 g/mol. The zero-order chi connectivity index (χ0) is 17.4. The van der Waals surface area contributed by atoms with Crippen LogP contribution in [0.4, 0.5) is 0 Å². The van der Waals surface area contributed by atoms with Crippen molar-refractivity contribution in [1.29, 1.82) is 0 Å². The van der Waals surface area contributed by atoms with Crippen LogP contribution in [0.2, 0.25) is 0 Å².